The fourth-order valence-electron chi connectivity index (χ4n) is 5.21. The van der Waals surface area contributed by atoms with E-state index in [2.05, 4.69) is 28.0 Å². The van der Waals surface area contributed by atoms with E-state index < -0.39 is 0 Å². The van der Waals surface area contributed by atoms with Crippen molar-refractivity contribution in [3.63, 3.8) is 0 Å². The number of fused-ring (bicyclic) bond motifs is 1. The van der Waals surface area contributed by atoms with Gasteiger partial charge in [-0.15, -0.1) is 0 Å². The second kappa shape index (κ2) is 8.64. The minimum Gasteiger partial charge on any atom is -0.497 e. The van der Waals surface area contributed by atoms with E-state index in [0.717, 1.165) is 44.0 Å². The molecule has 2 aliphatic heterocycles. The summed E-state index contributed by atoms with van der Waals surface area (Å²) in [5.41, 5.74) is 2.98. The molecule has 0 N–H and O–H groups in total. The van der Waals surface area contributed by atoms with Crippen molar-refractivity contribution >= 4 is 5.91 Å². The van der Waals surface area contributed by atoms with E-state index >= 15 is 0 Å². The summed E-state index contributed by atoms with van der Waals surface area (Å²) in [5, 5.41) is 0. The summed E-state index contributed by atoms with van der Waals surface area (Å²) in [7, 11) is 1.75. The number of methoxy groups -OCH3 is 1. The molecule has 0 radical (unpaired) electrons. The number of carbonyl (C=O) groups excluding carboxylic acids is 1. The van der Waals surface area contributed by atoms with Crippen molar-refractivity contribution in [2.75, 3.05) is 33.3 Å². The summed E-state index contributed by atoms with van der Waals surface area (Å²) >= 11 is 0. The van der Waals surface area contributed by atoms with Crippen molar-refractivity contribution in [1.29, 1.82) is 0 Å². The van der Waals surface area contributed by atoms with Gasteiger partial charge in [0, 0.05) is 25.6 Å². The molecule has 2 saturated heterocycles. The first-order valence-electron chi connectivity index (χ1n) is 10.9. The lowest BCUT2D eigenvalue weighted by molar-refractivity contribution is -0.130. The van der Waals surface area contributed by atoms with E-state index in [1.807, 2.05) is 0 Å². The molecule has 0 spiro atoms. The van der Waals surface area contributed by atoms with Crippen LogP contribution < -0.4 is 4.74 Å². The highest BCUT2D eigenvalue weighted by atomic mass is 16.5. The molecule has 1 unspecified atom stereocenters. The highest BCUT2D eigenvalue weighted by Crippen LogP contribution is 2.31. The molecule has 3 aliphatic rings. The monoisotopic (exact) mass is 370 g/mol. The van der Waals surface area contributed by atoms with Crippen molar-refractivity contribution in [2.45, 2.75) is 63.8 Å². The van der Waals surface area contributed by atoms with Crippen LogP contribution in [0.25, 0.3) is 0 Å². The fraction of sp³-hybridized carbons (Fsp3) is 0.696. The second-order valence-corrected chi connectivity index (χ2v) is 8.64. The minimum absolute atomic E-state index is 0.396. The van der Waals surface area contributed by atoms with Crippen LogP contribution in [0, 0.1) is 5.92 Å². The predicted octanol–water partition coefficient (Wildman–Crippen LogP) is 3.67. The average Bonchev–Trinajstić information content (AvgIpc) is 3.26. The van der Waals surface area contributed by atoms with Crippen LogP contribution >= 0.6 is 0 Å². The molecule has 4 rings (SSSR count). The number of aryl methyl sites for hydroxylation is 1. The Balaban J connectivity index is 1.24. The Labute approximate surface area is 163 Å². The predicted molar refractivity (Wildman–Crippen MR) is 108 cm³/mol. The first-order chi connectivity index (χ1) is 13.2. The number of ether oxygens (including phenoxy) is 1. The number of amides is 1. The standard InChI is InChI=1S/C23H34N2O2/c1-27-22-8-6-19-5-7-21(16-20(19)17-22)24-14-10-18(11-15-24)4-9-23(26)25-12-2-3-13-25/h6,8,17-18,21H,2-5,7,9-16H2,1H3. The van der Waals surface area contributed by atoms with Crippen molar-refractivity contribution < 1.29 is 9.53 Å². The Kier molecular flexibility index (Phi) is 6.01. The lowest BCUT2D eigenvalue weighted by Crippen LogP contribution is -2.44. The third-order valence-corrected chi connectivity index (χ3v) is 7.01. The molecule has 27 heavy (non-hydrogen) atoms. The largest absolute Gasteiger partial charge is 0.497 e. The van der Waals surface area contributed by atoms with E-state index in [9.17, 15) is 4.79 Å². The Bertz CT molecular complexity index is 646. The molecule has 0 saturated carbocycles. The van der Waals surface area contributed by atoms with Crippen molar-refractivity contribution in [3.8, 4) is 5.75 Å². The quantitative estimate of drug-likeness (QED) is 0.793. The molecule has 1 amide bonds. The molecule has 1 atom stereocenters. The Morgan fingerprint density at radius 1 is 1.07 bits per heavy atom. The van der Waals surface area contributed by atoms with Gasteiger partial charge in [0.15, 0.2) is 0 Å². The van der Waals surface area contributed by atoms with Crippen LogP contribution in [0.4, 0.5) is 0 Å². The van der Waals surface area contributed by atoms with Crippen LogP contribution in [0.1, 0.15) is 56.1 Å². The van der Waals surface area contributed by atoms with Gasteiger partial charge in [-0.2, -0.15) is 0 Å². The number of hydrogen-bond donors (Lipinski definition) is 0. The molecule has 4 heteroatoms. The molecule has 2 heterocycles. The van der Waals surface area contributed by atoms with Gasteiger partial charge in [-0.25, -0.2) is 0 Å². The lowest BCUT2D eigenvalue weighted by atomic mass is 9.85. The van der Waals surface area contributed by atoms with E-state index in [4.69, 9.17) is 4.74 Å². The van der Waals surface area contributed by atoms with Gasteiger partial charge >= 0.3 is 0 Å². The Morgan fingerprint density at radius 2 is 1.85 bits per heavy atom. The van der Waals surface area contributed by atoms with E-state index in [1.165, 1.54) is 62.7 Å². The van der Waals surface area contributed by atoms with Crippen molar-refractivity contribution in [3.05, 3.63) is 29.3 Å². The SMILES string of the molecule is COc1ccc2c(c1)CC(N1CCC(CCC(=O)N3CCCC3)CC1)CC2. The van der Waals surface area contributed by atoms with Crippen LogP contribution in [0.15, 0.2) is 18.2 Å². The topological polar surface area (TPSA) is 32.8 Å². The number of likely N-dealkylation sites (tertiary alicyclic amines) is 2. The third kappa shape index (κ3) is 4.48. The molecular formula is C23H34N2O2. The third-order valence-electron chi connectivity index (χ3n) is 7.01. The van der Waals surface area contributed by atoms with Crippen LogP contribution in [0.5, 0.6) is 5.75 Å². The molecule has 1 aromatic carbocycles. The van der Waals surface area contributed by atoms with Gasteiger partial charge in [0.05, 0.1) is 7.11 Å². The van der Waals surface area contributed by atoms with E-state index in [0.29, 0.717) is 11.9 Å². The van der Waals surface area contributed by atoms with Crippen LogP contribution in [-0.2, 0) is 17.6 Å². The summed E-state index contributed by atoms with van der Waals surface area (Å²) in [6, 6.07) is 7.25. The first kappa shape index (κ1) is 18.8. The molecule has 0 aromatic heterocycles. The zero-order valence-electron chi connectivity index (χ0n) is 16.8. The average molecular weight is 371 g/mol. The molecular weight excluding hydrogens is 336 g/mol. The number of benzene rings is 1. The van der Waals surface area contributed by atoms with Gasteiger partial charge in [0.25, 0.3) is 0 Å². The summed E-state index contributed by atoms with van der Waals surface area (Å²) in [6.07, 6.45) is 10.4. The van der Waals surface area contributed by atoms with E-state index in [1.54, 1.807) is 7.11 Å². The molecule has 0 bridgehead atoms. The van der Waals surface area contributed by atoms with Gasteiger partial charge in [-0.05, 0) is 93.6 Å². The van der Waals surface area contributed by atoms with Gasteiger partial charge < -0.3 is 14.5 Å². The van der Waals surface area contributed by atoms with Crippen molar-refractivity contribution in [2.24, 2.45) is 5.92 Å². The maximum absolute atomic E-state index is 12.3. The highest BCUT2D eigenvalue weighted by Gasteiger charge is 2.29. The highest BCUT2D eigenvalue weighted by molar-refractivity contribution is 5.76. The van der Waals surface area contributed by atoms with Crippen LogP contribution in [0.2, 0.25) is 0 Å². The molecule has 2 fully saturated rings. The first-order valence-corrected chi connectivity index (χ1v) is 10.9. The van der Waals surface area contributed by atoms with Gasteiger partial charge in [-0.1, -0.05) is 6.07 Å². The molecule has 1 aromatic rings. The maximum Gasteiger partial charge on any atom is 0.222 e. The number of rotatable bonds is 5. The van der Waals surface area contributed by atoms with Crippen LogP contribution in [0.3, 0.4) is 0 Å². The molecule has 4 nitrogen and oxygen atoms in total. The summed E-state index contributed by atoms with van der Waals surface area (Å²) in [6.45, 7) is 4.38. The smallest absolute Gasteiger partial charge is 0.222 e. The zero-order chi connectivity index (χ0) is 18.6. The minimum atomic E-state index is 0.396. The van der Waals surface area contributed by atoms with Crippen molar-refractivity contribution in [1.82, 2.24) is 9.80 Å². The summed E-state index contributed by atoms with van der Waals surface area (Å²) < 4.78 is 5.41. The summed E-state index contributed by atoms with van der Waals surface area (Å²) in [4.78, 5) is 17.1. The normalized spacial score (nSPS) is 24.0. The Hall–Kier alpha value is -1.55. The zero-order valence-corrected chi connectivity index (χ0v) is 16.8. The number of piperidine rings is 1. The second-order valence-electron chi connectivity index (χ2n) is 8.64. The summed E-state index contributed by atoms with van der Waals surface area (Å²) in [5.74, 6) is 2.12. The molecule has 1 aliphatic carbocycles. The fourth-order valence-corrected chi connectivity index (χ4v) is 5.21. The number of hydrogen-bond acceptors (Lipinski definition) is 3. The molecule has 148 valence electrons. The van der Waals surface area contributed by atoms with Crippen LogP contribution in [-0.4, -0.2) is 55.0 Å². The van der Waals surface area contributed by atoms with Gasteiger partial charge in [-0.3, -0.25) is 4.79 Å². The maximum atomic E-state index is 12.3. The number of carbonyl (C=O) groups is 1. The van der Waals surface area contributed by atoms with E-state index in [-0.39, 0.29) is 0 Å². The Morgan fingerprint density at radius 3 is 2.59 bits per heavy atom. The lowest BCUT2D eigenvalue weighted by Gasteiger charge is -2.40. The van der Waals surface area contributed by atoms with Gasteiger partial charge in [0.1, 0.15) is 5.75 Å². The van der Waals surface area contributed by atoms with Gasteiger partial charge in [0.2, 0.25) is 5.91 Å². The number of nitrogens with zero attached hydrogens (tertiary/aromatic N) is 2.